The van der Waals surface area contributed by atoms with Crippen molar-refractivity contribution in [3.63, 3.8) is 0 Å². The second kappa shape index (κ2) is 11.4. The van der Waals surface area contributed by atoms with Crippen LogP contribution in [0.3, 0.4) is 0 Å². The fourth-order valence-electron chi connectivity index (χ4n) is 4.90. The minimum atomic E-state index is -0.380. The average Bonchev–Trinajstić information content (AvgIpc) is 3.43. The van der Waals surface area contributed by atoms with Gasteiger partial charge in [0.05, 0.1) is 6.04 Å². The first-order valence-electron chi connectivity index (χ1n) is 12.6. The molecule has 188 valence electrons. The van der Waals surface area contributed by atoms with Crippen LogP contribution in [0.5, 0.6) is 0 Å². The molecule has 0 aromatic heterocycles. The Morgan fingerprint density at radius 3 is 2.28 bits per heavy atom. The number of carbonyl (C=O) groups excluding carboxylic acids is 2. The third-order valence-electron chi connectivity index (χ3n) is 7.00. The number of rotatable bonds is 8. The van der Waals surface area contributed by atoms with Crippen molar-refractivity contribution in [2.24, 2.45) is 5.92 Å². The van der Waals surface area contributed by atoms with Crippen molar-refractivity contribution in [3.05, 3.63) is 95.3 Å². The molecular weight excluding hydrogens is 453 g/mol. The Morgan fingerprint density at radius 2 is 1.64 bits per heavy atom. The molecule has 0 heterocycles. The summed E-state index contributed by atoms with van der Waals surface area (Å²) >= 11 is 0. The van der Waals surface area contributed by atoms with Crippen molar-refractivity contribution < 1.29 is 14.0 Å². The highest BCUT2D eigenvalue weighted by Gasteiger charge is 2.26. The number of amides is 2. The fraction of sp³-hybridized carbons (Fsp3) is 0.333. The van der Waals surface area contributed by atoms with Gasteiger partial charge in [-0.15, -0.1) is 0 Å². The molecular formula is C30H34FN3O2. The number of halogens is 1. The largest absolute Gasteiger partial charge is 0.377 e. The van der Waals surface area contributed by atoms with Gasteiger partial charge in [0.15, 0.2) is 0 Å². The van der Waals surface area contributed by atoms with Crippen LogP contribution in [0.1, 0.15) is 60.1 Å². The van der Waals surface area contributed by atoms with E-state index < -0.39 is 0 Å². The Morgan fingerprint density at radius 1 is 0.972 bits per heavy atom. The zero-order chi connectivity index (χ0) is 25.7. The number of hydrogen-bond acceptors (Lipinski definition) is 3. The minimum Gasteiger partial charge on any atom is -0.377 e. The molecule has 1 N–H and O–H groups in total. The predicted molar refractivity (Wildman–Crippen MR) is 142 cm³/mol. The molecule has 0 radical (unpaired) electrons. The van der Waals surface area contributed by atoms with Crippen LogP contribution < -0.4 is 10.2 Å². The van der Waals surface area contributed by atoms with Gasteiger partial charge in [0.25, 0.3) is 5.91 Å². The molecule has 1 fully saturated rings. The van der Waals surface area contributed by atoms with Gasteiger partial charge in [-0.05, 0) is 73.4 Å². The molecule has 2 amide bonds. The van der Waals surface area contributed by atoms with Crippen LogP contribution in [-0.2, 0) is 11.3 Å². The van der Waals surface area contributed by atoms with E-state index in [9.17, 15) is 14.0 Å². The third kappa shape index (κ3) is 5.93. The standard InChI is InChI=1S/C30H34FN3O2/c1-21(22-9-5-4-6-10-22)34(30(36)24-13-15-26(31)16-14-24)20-25-19-27(17-18-28(25)33(2)3)32-29(35)23-11-7-8-12-23/h4-6,9-10,13-19,21,23H,7-8,11-12,20H2,1-3H3,(H,32,35)/t21-/m1/s1. The van der Waals surface area contributed by atoms with Gasteiger partial charge in [-0.1, -0.05) is 43.2 Å². The van der Waals surface area contributed by atoms with Crippen molar-refractivity contribution in [2.45, 2.75) is 45.2 Å². The van der Waals surface area contributed by atoms with E-state index >= 15 is 0 Å². The van der Waals surface area contributed by atoms with E-state index in [0.717, 1.165) is 48.2 Å². The van der Waals surface area contributed by atoms with Crippen LogP contribution in [0.4, 0.5) is 15.8 Å². The molecule has 5 nitrogen and oxygen atoms in total. The number of benzene rings is 3. The van der Waals surface area contributed by atoms with Crippen LogP contribution >= 0.6 is 0 Å². The Balaban J connectivity index is 1.68. The lowest BCUT2D eigenvalue weighted by atomic mass is 10.0. The molecule has 0 spiro atoms. The van der Waals surface area contributed by atoms with E-state index in [1.165, 1.54) is 24.3 Å². The summed E-state index contributed by atoms with van der Waals surface area (Å²) < 4.78 is 13.6. The highest BCUT2D eigenvalue weighted by Crippen LogP contribution is 2.31. The molecule has 36 heavy (non-hydrogen) atoms. The van der Waals surface area contributed by atoms with Gasteiger partial charge in [0.1, 0.15) is 5.82 Å². The molecule has 1 aliphatic carbocycles. The van der Waals surface area contributed by atoms with Crippen LogP contribution in [0.25, 0.3) is 0 Å². The first kappa shape index (κ1) is 25.4. The molecule has 0 bridgehead atoms. The van der Waals surface area contributed by atoms with Gasteiger partial charge >= 0.3 is 0 Å². The molecule has 0 saturated heterocycles. The Bertz CT molecular complexity index is 1190. The van der Waals surface area contributed by atoms with E-state index in [2.05, 4.69) is 5.32 Å². The lowest BCUT2D eigenvalue weighted by Crippen LogP contribution is -2.34. The van der Waals surface area contributed by atoms with Gasteiger partial charge in [-0.25, -0.2) is 4.39 Å². The molecule has 3 aromatic carbocycles. The highest BCUT2D eigenvalue weighted by molar-refractivity contribution is 5.95. The summed E-state index contributed by atoms with van der Waals surface area (Å²) in [7, 11) is 3.92. The van der Waals surface area contributed by atoms with Crippen molar-refractivity contribution >= 4 is 23.2 Å². The second-order valence-electron chi connectivity index (χ2n) is 9.74. The smallest absolute Gasteiger partial charge is 0.254 e. The van der Waals surface area contributed by atoms with Crippen LogP contribution in [0.15, 0.2) is 72.8 Å². The summed E-state index contributed by atoms with van der Waals surface area (Å²) in [5.74, 6) is -0.434. The maximum Gasteiger partial charge on any atom is 0.254 e. The minimum absolute atomic E-state index is 0.0629. The van der Waals surface area contributed by atoms with Crippen molar-refractivity contribution in [1.82, 2.24) is 4.90 Å². The van der Waals surface area contributed by atoms with Gasteiger partial charge in [0, 0.05) is 43.5 Å². The number of nitrogens with one attached hydrogen (secondary N) is 1. The highest BCUT2D eigenvalue weighted by atomic mass is 19.1. The van der Waals surface area contributed by atoms with Crippen molar-refractivity contribution in [1.29, 1.82) is 0 Å². The maximum atomic E-state index is 13.7. The van der Waals surface area contributed by atoms with Gasteiger partial charge in [0.2, 0.25) is 5.91 Å². The van der Waals surface area contributed by atoms with E-state index in [0.29, 0.717) is 12.1 Å². The molecule has 0 unspecified atom stereocenters. The van der Waals surface area contributed by atoms with Crippen LogP contribution in [0, 0.1) is 11.7 Å². The Labute approximate surface area is 212 Å². The van der Waals surface area contributed by atoms with Crippen LogP contribution in [0.2, 0.25) is 0 Å². The summed E-state index contributed by atoms with van der Waals surface area (Å²) in [6.45, 7) is 2.32. The van der Waals surface area contributed by atoms with Gasteiger partial charge < -0.3 is 15.1 Å². The number of nitrogens with zero attached hydrogens (tertiary/aromatic N) is 2. The topological polar surface area (TPSA) is 52.7 Å². The Hall–Kier alpha value is -3.67. The molecule has 1 atom stereocenters. The summed E-state index contributed by atoms with van der Waals surface area (Å²) in [5, 5.41) is 3.09. The summed E-state index contributed by atoms with van der Waals surface area (Å²) in [6.07, 6.45) is 4.06. The summed E-state index contributed by atoms with van der Waals surface area (Å²) in [4.78, 5) is 30.3. The molecule has 1 aliphatic rings. The molecule has 4 rings (SSSR count). The van der Waals surface area contributed by atoms with Crippen molar-refractivity contribution in [3.8, 4) is 0 Å². The summed E-state index contributed by atoms with van der Waals surface area (Å²) in [5.41, 5.74) is 4.05. The SMILES string of the molecule is C[C@H](c1ccccc1)N(Cc1cc(NC(=O)C2CCCC2)ccc1N(C)C)C(=O)c1ccc(F)cc1. The summed E-state index contributed by atoms with van der Waals surface area (Å²) in [6, 6.07) is 21.2. The zero-order valence-corrected chi connectivity index (χ0v) is 21.2. The average molecular weight is 488 g/mol. The fourth-order valence-corrected chi connectivity index (χ4v) is 4.90. The lowest BCUT2D eigenvalue weighted by Gasteiger charge is -2.32. The zero-order valence-electron chi connectivity index (χ0n) is 21.2. The second-order valence-corrected chi connectivity index (χ2v) is 9.74. The molecule has 3 aromatic rings. The lowest BCUT2D eigenvalue weighted by molar-refractivity contribution is -0.119. The first-order valence-corrected chi connectivity index (χ1v) is 12.6. The van der Waals surface area contributed by atoms with E-state index in [1.807, 2.05) is 74.4 Å². The predicted octanol–water partition coefficient (Wildman–Crippen LogP) is 6.42. The van der Waals surface area contributed by atoms with E-state index in [4.69, 9.17) is 0 Å². The Kier molecular flexibility index (Phi) is 8.04. The van der Waals surface area contributed by atoms with Gasteiger partial charge in [-0.2, -0.15) is 0 Å². The maximum absolute atomic E-state index is 13.7. The molecule has 1 saturated carbocycles. The van der Waals surface area contributed by atoms with Crippen molar-refractivity contribution in [2.75, 3.05) is 24.3 Å². The van der Waals surface area contributed by atoms with Crippen LogP contribution in [-0.4, -0.2) is 30.8 Å². The third-order valence-corrected chi connectivity index (χ3v) is 7.00. The quantitative estimate of drug-likeness (QED) is 0.399. The van der Waals surface area contributed by atoms with Gasteiger partial charge in [-0.3, -0.25) is 9.59 Å². The number of hydrogen-bond donors (Lipinski definition) is 1. The van der Waals surface area contributed by atoms with E-state index in [-0.39, 0.29) is 29.6 Å². The number of anilines is 2. The van der Waals surface area contributed by atoms with E-state index in [1.54, 1.807) is 4.90 Å². The molecule has 6 heteroatoms. The first-order chi connectivity index (χ1) is 17.3. The molecule has 0 aliphatic heterocycles. The normalized spacial score (nSPS) is 14.3. The number of carbonyl (C=O) groups is 2. The monoisotopic (exact) mass is 487 g/mol.